The number of benzene rings is 1. The fourth-order valence-corrected chi connectivity index (χ4v) is 3.02. The largest absolute Gasteiger partial charge is 0.408 e. The van der Waals surface area contributed by atoms with Crippen molar-refractivity contribution in [3.8, 4) is 0 Å². The fourth-order valence-electron chi connectivity index (χ4n) is 3.02. The van der Waals surface area contributed by atoms with Crippen molar-refractivity contribution in [3.63, 3.8) is 0 Å². The van der Waals surface area contributed by atoms with Crippen LogP contribution in [0, 0.1) is 0 Å². The Hall–Kier alpha value is -2.16. The van der Waals surface area contributed by atoms with Crippen LogP contribution in [0.1, 0.15) is 18.3 Å². The molecule has 1 aromatic carbocycles. The molecule has 0 radical (unpaired) electrons. The van der Waals surface area contributed by atoms with Gasteiger partial charge in [-0.05, 0) is 29.0 Å². The molecule has 2 aromatic rings. The van der Waals surface area contributed by atoms with E-state index in [0.29, 0.717) is 6.54 Å². The van der Waals surface area contributed by atoms with E-state index in [4.69, 9.17) is 0 Å². The Morgan fingerprint density at radius 2 is 2.00 bits per heavy atom. The normalized spacial score (nSPS) is 19.2. The number of fused-ring (bicyclic) bond motifs is 1. The summed E-state index contributed by atoms with van der Waals surface area (Å²) in [6.45, 7) is 2.57. The third kappa shape index (κ3) is 3.66. The topological polar surface area (TPSA) is 50.1 Å². The fraction of sp³-hybridized carbons (Fsp3) is 0.533. The number of likely N-dealkylation sites (N-methyl/N-ethyl adjacent to an activating group) is 1. The van der Waals surface area contributed by atoms with Crippen molar-refractivity contribution in [3.05, 3.63) is 35.7 Å². The van der Waals surface area contributed by atoms with Crippen LogP contribution in [0.25, 0.3) is 0 Å². The maximum absolute atomic E-state index is 12.6. The molecule has 9 heteroatoms. The molecule has 1 aliphatic heterocycles. The van der Waals surface area contributed by atoms with Crippen molar-refractivity contribution >= 4 is 5.69 Å². The number of alkyl halides is 3. The highest BCUT2D eigenvalue weighted by atomic mass is 19.4. The van der Waals surface area contributed by atoms with Gasteiger partial charge in [0.25, 0.3) is 0 Å². The van der Waals surface area contributed by atoms with E-state index in [2.05, 4.69) is 38.3 Å². The summed E-state index contributed by atoms with van der Waals surface area (Å²) >= 11 is 0. The van der Waals surface area contributed by atoms with Crippen LogP contribution in [0.2, 0.25) is 0 Å². The lowest BCUT2D eigenvalue weighted by molar-refractivity contribution is -0.143. The van der Waals surface area contributed by atoms with Crippen molar-refractivity contribution in [2.45, 2.75) is 38.8 Å². The molecule has 1 unspecified atom stereocenters. The van der Waals surface area contributed by atoms with Crippen molar-refractivity contribution < 1.29 is 13.2 Å². The average molecular weight is 340 g/mol. The molecule has 0 bridgehead atoms. The smallest absolute Gasteiger partial charge is 0.373 e. The second-order valence-electron chi connectivity index (χ2n) is 6.13. The van der Waals surface area contributed by atoms with Crippen LogP contribution < -0.4 is 4.90 Å². The zero-order chi connectivity index (χ0) is 17.3. The molecule has 0 saturated heterocycles. The van der Waals surface area contributed by atoms with Crippen molar-refractivity contribution in [2.75, 3.05) is 18.5 Å². The van der Waals surface area contributed by atoms with Gasteiger partial charge in [0.1, 0.15) is 6.54 Å². The molecule has 0 fully saturated rings. The predicted molar refractivity (Wildman–Crippen MR) is 82.3 cm³/mol. The highest BCUT2D eigenvalue weighted by Crippen LogP contribution is 2.27. The van der Waals surface area contributed by atoms with Crippen LogP contribution in [0.3, 0.4) is 0 Å². The van der Waals surface area contributed by atoms with Gasteiger partial charge in [0, 0.05) is 31.9 Å². The number of rotatable bonds is 3. The molecular weight excluding hydrogens is 321 g/mol. The molecule has 0 N–H and O–H groups in total. The Bertz CT molecular complexity index is 699. The SMILES string of the molecule is CC1CN(C)c2ccccc2CN1Cc1nnnn1CC(F)(F)F. The maximum Gasteiger partial charge on any atom is 0.408 e. The summed E-state index contributed by atoms with van der Waals surface area (Å²) in [7, 11) is 2.02. The third-order valence-electron chi connectivity index (χ3n) is 4.22. The van der Waals surface area contributed by atoms with E-state index in [1.54, 1.807) is 0 Å². The maximum atomic E-state index is 12.6. The first-order chi connectivity index (χ1) is 11.3. The third-order valence-corrected chi connectivity index (χ3v) is 4.22. The van der Waals surface area contributed by atoms with Gasteiger partial charge in [-0.25, -0.2) is 4.68 Å². The molecule has 0 aliphatic carbocycles. The second kappa shape index (κ2) is 6.39. The predicted octanol–water partition coefficient (Wildman–Crippen LogP) is 2.08. The van der Waals surface area contributed by atoms with E-state index in [-0.39, 0.29) is 18.4 Å². The van der Waals surface area contributed by atoms with Gasteiger partial charge in [0.15, 0.2) is 5.82 Å². The Morgan fingerprint density at radius 3 is 2.75 bits per heavy atom. The van der Waals surface area contributed by atoms with E-state index in [0.717, 1.165) is 22.5 Å². The standard InChI is InChI=1S/C15H19F3N6/c1-11-7-22(2)13-6-4-3-5-12(13)8-23(11)9-14-19-20-21-24(14)10-15(16,17)18/h3-6,11H,7-10H2,1-2H3. The van der Waals surface area contributed by atoms with Crippen LogP contribution >= 0.6 is 0 Å². The van der Waals surface area contributed by atoms with E-state index in [1.807, 2.05) is 25.2 Å². The summed E-state index contributed by atoms with van der Waals surface area (Å²) in [6, 6.07) is 8.20. The first kappa shape index (κ1) is 16.7. The number of hydrogen-bond donors (Lipinski definition) is 0. The van der Waals surface area contributed by atoms with Crippen molar-refractivity contribution in [1.29, 1.82) is 0 Å². The quantitative estimate of drug-likeness (QED) is 0.856. The number of aromatic nitrogens is 4. The number of anilines is 1. The molecule has 0 amide bonds. The second-order valence-corrected chi connectivity index (χ2v) is 6.13. The molecule has 3 rings (SSSR count). The van der Waals surface area contributed by atoms with Crippen LogP contribution in [-0.2, 0) is 19.6 Å². The summed E-state index contributed by atoms with van der Waals surface area (Å²) in [6.07, 6.45) is -4.35. The monoisotopic (exact) mass is 340 g/mol. The molecule has 130 valence electrons. The minimum Gasteiger partial charge on any atom is -0.373 e. The van der Waals surface area contributed by atoms with Crippen molar-refractivity contribution in [1.82, 2.24) is 25.1 Å². The average Bonchev–Trinajstić information content (AvgIpc) is 2.86. The molecule has 6 nitrogen and oxygen atoms in total. The van der Waals surface area contributed by atoms with Gasteiger partial charge in [-0.1, -0.05) is 18.2 Å². The van der Waals surface area contributed by atoms with Gasteiger partial charge in [0.05, 0.1) is 6.54 Å². The zero-order valence-corrected chi connectivity index (χ0v) is 13.5. The van der Waals surface area contributed by atoms with E-state index >= 15 is 0 Å². The molecule has 2 heterocycles. The summed E-state index contributed by atoms with van der Waals surface area (Å²) < 4.78 is 38.7. The van der Waals surface area contributed by atoms with Gasteiger partial charge in [-0.15, -0.1) is 5.10 Å². The Labute approximate surface area is 137 Å². The highest BCUT2D eigenvalue weighted by Gasteiger charge is 2.31. The number of hydrogen-bond acceptors (Lipinski definition) is 5. The highest BCUT2D eigenvalue weighted by molar-refractivity contribution is 5.53. The summed E-state index contributed by atoms with van der Waals surface area (Å²) in [5, 5.41) is 10.7. The molecule has 1 aliphatic rings. The molecule has 1 atom stereocenters. The summed E-state index contributed by atoms with van der Waals surface area (Å²) in [5.74, 6) is 0.223. The number of halogens is 3. The Kier molecular flexibility index (Phi) is 4.44. The van der Waals surface area contributed by atoms with Crippen LogP contribution in [0.15, 0.2) is 24.3 Å². The number of tetrazole rings is 1. The first-order valence-electron chi connectivity index (χ1n) is 7.68. The number of nitrogens with zero attached hydrogens (tertiary/aromatic N) is 6. The van der Waals surface area contributed by atoms with E-state index in [1.165, 1.54) is 0 Å². The molecular formula is C15H19F3N6. The Balaban J connectivity index is 1.82. The van der Waals surface area contributed by atoms with Gasteiger partial charge in [-0.3, -0.25) is 4.90 Å². The minimum absolute atomic E-state index is 0.151. The minimum atomic E-state index is -4.35. The summed E-state index contributed by atoms with van der Waals surface area (Å²) in [4.78, 5) is 4.26. The van der Waals surface area contributed by atoms with E-state index in [9.17, 15) is 13.2 Å². The van der Waals surface area contributed by atoms with E-state index < -0.39 is 12.7 Å². The van der Waals surface area contributed by atoms with Crippen molar-refractivity contribution in [2.24, 2.45) is 0 Å². The lowest BCUT2D eigenvalue weighted by Gasteiger charge is -2.27. The Morgan fingerprint density at radius 1 is 1.25 bits per heavy atom. The summed E-state index contributed by atoms with van der Waals surface area (Å²) in [5.41, 5.74) is 2.28. The molecule has 24 heavy (non-hydrogen) atoms. The van der Waals surface area contributed by atoms with Gasteiger partial charge in [-0.2, -0.15) is 13.2 Å². The molecule has 1 aromatic heterocycles. The number of para-hydroxylation sites is 1. The molecule has 0 saturated carbocycles. The first-order valence-corrected chi connectivity index (χ1v) is 7.68. The van der Waals surface area contributed by atoms with Crippen LogP contribution in [-0.4, -0.2) is 50.9 Å². The van der Waals surface area contributed by atoms with Gasteiger partial charge in [0.2, 0.25) is 0 Å². The zero-order valence-electron chi connectivity index (χ0n) is 13.5. The van der Waals surface area contributed by atoms with Gasteiger partial charge < -0.3 is 4.90 Å². The van der Waals surface area contributed by atoms with Gasteiger partial charge >= 0.3 is 6.18 Å². The molecule has 0 spiro atoms. The van der Waals surface area contributed by atoms with Crippen LogP contribution in [0.5, 0.6) is 0 Å². The van der Waals surface area contributed by atoms with Crippen LogP contribution in [0.4, 0.5) is 18.9 Å². The lowest BCUT2D eigenvalue weighted by atomic mass is 10.1. The lowest BCUT2D eigenvalue weighted by Crippen LogP contribution is -2.38.